The molecule has 2 N–H and O–H groups in total. The van der Waals surface area contributed by atoms with Gasteiger partial charge in [0.15, 0.2) is 0 Å². The van der Waals surface area contributed by atoms with Gasteiger partial charge in [-0.2, -0.15) is 0 Å². The van der Waals surface area contributed by atoms with Gasteiger partial charge in [0.25, 0.3) is 0 Å². The number of anilines is 1. The van der Waals surface area contributed by atoms with E-state index in [2.05, 4.69) is 10.0 Å². The Hall–Kier alpha value is -1.15. The van der Waals surface area contributed by atoms with Gasteiger partial charge in [-0.25, -0.2) is 13.1 Å². The Morgan fingerprint density at radius 3 is 2.79 bits per heavy atom. The van der Waals surface area contributed by atoms with Crippen LogP contribution in [0.2, 0.25) is 0 Å². The molecule has 134 valence electrons. The SMILES string of the molecule is CC(=O)N1CCc2cc(S(=O)(=O)NC3CCCNC3C)ccc21.Cl. The fourth-order valence-corrected chi connectivity index (χ4v) is 4.75. The number of sulfonamides is 1. The summed E-state index contributed by atoms with van der Waals surface area (Å²) in [5.74, 6) is -0.0143. The number of rotatable bonds is 3. The molecule has 1 aromatic rings. The lowest BCUT2D eigenvalue weighted by Crippen LogP contribution is -2.51. The number of amides is 1. The maximum atomic E-state index is 12.6. The summed E-state index contributed by atoms with van der Waals surface area (Å²) in [5, 5.41) is 3.29. The van der Waals surface area contributed by atoms with E-state index in [-0.39, 0.29) is 35.3 Å². The number of carbonyl (C=O) groups is 1. The van der Waals surface area contributed by atoms with Crippen molar-refractivity contribution in [2.24, 2.45) is 0 Å². The first kappa shape index (κ1) is 19.2. The first-order valence-electron chi connectivity index (χ1n) is 8.05. The molecule has 8 heteroatoms. The van der Waals surface area contributed by atoms with Crippen LogP contribution in [0.5, 0.6) is 0 Å². The largest absolute Gasteiger partial charge is 0.313 e. The first-order chi connectivity index (χ1) is 10.9. The van der Waals surface area contributed by atoms with Crippen molar-refractivity contribution in [3.05, 3.63) is 23.8 Å². The molecule has 3 rings (SSSR count). The van der Waals surface area contributed by atoms with E-state index in [4.69, 9.17) is 0 Å². The highest BCUT2D eigenvalue weighted by molar-refractivity contribution is 7.89. The van der Waals surface area contributed by atoms with Gasteiger partial charge in [-0.1, -0.05) is 0 Å². The van der Waals surface area contributed by atoms with Crippen LogP contribution in [0.1, 0.15) is 32.3 Å². The molecule has 2 atom stereocenters. The Morgan fingerprint density at radius 2 is 2.12 bits per heavy atom. The van der Waals surface area contributed by atoms with Crippen LogP contribution < -0.4 is 14.9 Å². The smallest absolute Gasteiger partial charge is 0.240 e. The number of hydrogen-bond donors (Lipinski definition) is 2. The van der Waals surface area contributed by atoms with Crippen molar-refractivity contribution in [2.75, 3.05) is 18.0 Å². The van der Waals surface area contributed by atoms with Crippen LogP contribution in [0, 0.1) is 0 Å². The van der Waals surface area contributed by atoms with E-state index in [1.54, 1.807) is 23.1 Å². The summed E-state index contributed by atoms with van der Waals surface area (Å²) >= 11 is 0. The van der Waals surface area contributed by atoms with Crippen molar-refractivity contribution in [3.8, 4) is 0 Å². The Morgan fingerprint density at radius 1 is 1.38 bits per heavy atom. The zero-order valence-electron chi connectivity index (χ0n) is 13.9. The van der Waals surface area contributed by atoms with Crippen molar-refractivity contribution >= 4 is 34.0 Å². The summed E-state index contributed by atoms with van der Waals surface area (Å²) in [6.07, 6.45) is 2.51. The monoisotopic (exact) mass is 373 g/mol. The van der Waals surface area contributed by atoms with Gasteiger partial charge < -0.3 is 10.2 Å². The molecule has 0 radical (unpaired) electrons. The predicted octanol–water partition coefficient (Wildman–Crippen LogP) is 1.44. The summed E-state index contributed by atoms with van der Waals surface area (Å²) in [5.41, 5.74) is 1.74. The quantitative estimate of drug-likeness (QED) is 0.840. The molecule has 0 saturated carbocycles. The molecule has 2 heterocycles. The average molecular weight is 374 g/mol. The second kappa shape index (κ2) is 7.39. The standard InChI is InChI=1S/C16H23N3O3S.ClH/c1-11-15(4-3-8-17-11)18-23(21,22)14-5-6-16-13(10-14)7-9-19(16)12(2)20;/h5-6,10-11,15,17-18H,3-4,7-9H2,1-2H3;1H. The van der Waals surface area contributed by atoms with Gasteiger partial charge in [-0.15, -0.1) is 12.4 Å². The highest BCUT2D eigenvalue weighted by Crippen LogP contribution is 2.30. The molecule has 1 saturated heterocycles. The lowest BCUT2D eigenvalue weighted by molar-refractivity contribution is -0.116. The molecule has 0 spiro atoms. The molecule has 2 aliphatic heterocycles. The highest BCUT2D eigenvalue weighted by Gasteiger charge is 2.28. The van der Waals surface area contributed by atoms with Gasteiger partial charge in [-0.05, 0) is 56.5 Å². The summed E-state index contributed by atoms with van der Waals surface area (Å²) in [6, 6.07) is 5.06. The Balaban J connectivity index is 0.00000208. The number of nitrogens with one attached hydrogen (secondary N) is 2. The minimum atomic E-state index is -3.55. The summed E-state index contributed by atoms with van der Waals surface area (Å²) in [4.78, 5) is 13.5. The van der Waals surface area contributed by atoms with Crippen LogP contribution in [0.15, 0.2) is 23.1 Å². The van der Waals surface area contributed by atoms with Crippen molar-refractivity contribution in [1.29, 1.82) is 0 Å². The van der Waals surface area contributed by atoms with E-state index in [0.717, 1.165) is 30.6 Å². The maximum Gasteiger partial charge on any atom is 0.240 e. The van der Waals surface area contributed by atoms with Crippen molar-refractivity contribution in [2.45, 2.75) is 50.1 Å². The van der Waals surface area contributed by atoms with Gasteiger partial charge in [0.05, 0.1) is 4.90 Å². The molecular weight excluding hydrogens is 350 g/mol. The fourth-order valence-electron chi connectivity index (χ4n) is 3.34. The van der Waals surface area contributed by atoms with E-state index < -0.39 is 10.0 Å². The van der Waals surface area contributed by atoms with E-state index in [1.807, 2.05) is 6.92 Å². The number of carbonyl (C=O) groups excluding carboxylic acids is 1. The van der Waals surface area contributed by atoms with Gasteiger partial charge >= 0.3 is 0 Å². The van der Waals surface area contributed by atoms with Gasteiger partial charge in [-0.3, -0.25) is 4.79 Å². The number of nitrogens with zero attached hydrogens (tertiary/aromatic N) is 1. The van der Waals surface area contributed by atoms with Crippen LogP contribution >= 0.6 is 12.4 Å². The summed E-state index contributed by atoms with van der Waals surface area (Å²) < 4.78 is 28.1. The Bertz CT molecular complexity index is 723. The van der Waals surface area contributed by atoms with Gasteiger partial charge in [0.1, 0.15) is 0 Å². The predicted molar refractivity (Wildman–Crippen MR) is 96.2 cm³/mol. The third kappa shape index (κ3) is 3.74. The minimum absolute atomic E-state index is 0. The normalized spacial score (nSPS) is 23.5. The van der Waals surface area contributed by atoms with E-state index in [0.29, 0.717) is 13.0 Å². The van der Waals surface area contributed by atoms with Crippen LogP contribution in [-0.2, 0) is 21.2 Å². The van der Waals surface area contributed by atoms with Crippen LogP contribution in [0.25, 0.3) is 0 Å². The second-order valence-electron chi connectivity index (χ2n) is 6.32. The Labute approximate surface area is 149 Å². The van der Waals surface area contributed by atoms with Crippen molar-refractivity contribution in [3.63, 3.8) is 0 Å². The molecule has 6 nitrogen and oxygen atoms in total. The fraction of sp³-hybridized carbons (Fsp3) is 0.562. The number of benzene rings is 1. The molecule has 0 aromatic heterocycles. The van der Waals surface area contributed by atoms with Crippen LogP contribution in [0.4, 0.5) is 5.69 Å². The molecule has 24 heavy (non-hydrogen) atoms. The molecule has 0 bridgehead atoms. The zero-order chi connectivity index (χ0) is 16.6. The molecule has 1 aromatic carbocycles. The van der Waals surface area contributed by atoms with Crippen LogP contribution in [-0.4, -0.2) is 39.5 Å². The number of piperidine rings is 1. The van der Waals surface area contributed by atoms with E-state index in [1.165, 1.54) is 6.92 Å². The van der Waals surface area contributed by atoms with Gasteiger partial charge in [0.2, 0.25) is 15.9 Å². The third-order valence-corrected chi connectivity index (χ3v) is 6.19. The molecular formula is C16H24ClN3O3S. The number of hydrogen-bond acceptors (Lipinski definition) is 4. The van der Waals surface area contributed by atoms with E-state index >= 15 is 0 Å². The minimum Gasteiger partial charge on any atom is -0.313 e. The lowest BCUT2D eigenvalue weighted by Gasteiger charge is -2.30. The summed E-state index contributed by atoms with van der Waals surface area (Å²) in [7, 11) is -3.55. The topological polar surface area (TPSA) is 78.5 Å². The second-order valence-corrected chi connectivity index (χ2v) is 8.04. The molecule has 1 amide bonds. The third-order valence-electron chi connectivity index (χ3n) is 4.71. The Kier molecular flexibility index (Phi) is 5.91. The number of halogens is 1. The highest BCUT2D eigenvalue weighted by atomic mass is 35.5. The zero-order valence-corrected chi connectivity index (χ0v) is 15.5. The van der Waals surface area contributed by atoms with E-state index in [9.17, 15) is 13.2 Å². The molecule has 1 fully saturated rings. The maximum absolute atomic E-state index is 12.6. The molecule has 0 aliphatic carbocycles. The first-order valence-corrected chi connectivity index (χ1v) is 9.53. The average Bonchev–Trinajstić information content (AvgIpc) is 2.92. The lowest BCUT2D eigenvalue weighted by atomic mass is 10.0. The van der Waals surface area contributed by atoms with Crippen molar-refractivity contribution < 1.29 is 13.2 Å². The molecule has 2 unspecified atom stereocenters. The number of fused-ring (bicyclic) bond motifs is 1. The van der Waals surface area contributed by atoms with Crippen molar-refractivity contribution in [1.82, 2.24) is 10.0 Å². The summed E-state index contributed by atoms with van der Waals surface area (Å²) in [6.45, 7) is 5.07. The molecule has 2 aliphatic rings. The van der Waals surface area contributed by atoms with Crippen LogP contribution in [0.3, 0.4) is 0 Å². The van der Waals surface area contributed by atoms with Gasteiger partial charge in [0, 0.05) is 31.2 Å².